The van der Waals surface area contributed by atoms with Crippen molar-refractivity contribution in [2.45, 2.75) is 20.8 Å². The fourth-order valence-corrected chi connectivity index (χ4v) is 2.56. The molecule has 0 aliphatic carbocycles. The standard InChI is InChI=1S/C13H13BrFNO2/c1-4-18-13(17)8-5-9(15)11(14)10-6(2)7(3)16-12(8)10/h5,16H,4H2,1-3H3. The Labute approximate surface area is 112 Å². The van der Waals surface area contributed by atoms with Crippen molar-refractivity contribution < 1.29 is 13.9 Å². The third-order valence-electron chi connectivity index (χ3n) is 2.96. The lowest BCUT2D eigenvalue weighted by atomic mass is 10.1. The van der Waals surface area contributed by atoms with Crippen LogP contribution in [0, 0.1) is 19.7 Å². The number of esters is 1. The topological polar surface area (TPSA) is 42.1 Å². The van der Waals surface area contributed by atoms with Crippen LogP contribution >= 0.6 is 15.9 Å². The van der Waals surface area contributed by atoms with E-state index < -0.39 is 11.8 Å². The Morgan fingerprint density at radius 2 is 2.17 bits per heavy atom. The smallest absolute Gasteiger partial charge is 0.340 e. The molecule has 5 heteroatoms. The highest BCUT2D eigenvalue weighted by molar-refractivity contribution is 9.10. The van der Waals surface area contributed by atoms with Crippen LogP contribution in [0.3, 0.4) is 0 Å². The number of fused-ring (bicyclic) bond motifs is 1. The van der Waals surface area contributed by atoms with Crippen molar-refractivity contribution in [1.29, 1.82) is 0 Å². The fraction of sp³-hybridized carbons (Fsp3) is 0.308. The highest BCUT2D eigenvalue weighted by atomic mass is 79.9. The lowest BCUT2D eigenvalue weighted by Crippen LogP contribution is -2.06. The number of aromatic amines is 1. The number of hydrogen-bond donors (Lipinski definition) is 1. The maximum atomic E-state index is 13.8. The minimum Gasteiger partial charge on any atom is -0.462 e. The quantitative estimate of drug-likeness (QED) is 0.855. The zero-order chi connectivity index (χ0) is 13.4. The number of rotatable bonds is 2. The molecule has 2 aromatic rings. The molecule has 0 atom stereocenters. The molecule has 0 amide bonds. The number of carbonyl (C=O) groups is 1. The van der Waals surface area contributed by atoms with E-state index in [0.717, 1.165) is 11.3 Å². The number of H-pyrrole nitrogens is 1. The summed E-state index contributed by atoms with van der Waals surface area (Å²) in [5, 5.41) is 0.690. The maximum absolute atomic E-state index is 13.8. The Hall–Kier alpha value is -1.36. The van der Waals surface area contributed by atoms with Crippen LogP contribution in [0.25, 0.3) is 10.9 Å². The number of aromatic nitrogens is 1. The molecular weight excluding hydrogens is 301 g/mol. The second-order valence-corrected chi connectivity index (χ2v) is 4.86. The third kappa shape index (κ3) is 1.92. The van der Waals surface area contributed by atoms with Gasteiger partial charge in [0.15, 0.2) is 0 Å². The average Bonchev–Trinajstić information content (AvgIpc) is 2.61. The highest BCUT2D eigenvalue weighted by Gasteiger charge is 2.20. The normalized spacial score (nSPS) is 10.9. The van der Waals surface area contributed by atoms with Gasteiger partial charge in [0.2, 0.25) is 0 Å². The van der Waals surface area contributed by atoms with E-state index in [2.05, 4.69) is 20.9 Å². The zero-order valence-electron chi connectivity index (χ0n) is 10.4. The van der Waals surface area contributed by atoms with Gasteiger partial charge in [0.1, 0.15) is 5.82 Å². The van der Waals surface area contributed by atoms with Gasteiger partial charge in [0.25, 0.3) is 0 Å². The second kappa shape index (κ2) is 4.72. The van der Waals surface area contributed by atoms with Crippen LogP contribution in [0.4, 0.5) is 4.39 Å². The zero-order valence-corrected chi connectivity index (χ0v) is 11.9. The summed E-state index contributed by atoms with van der Waals surface area (Å²) in [7, 11) is 0. The largest absolute Gasteiger partial charge is 0.462 e. The summed E-state index contributed by atoms with van der Waals surface area (Å²) in [6.45, 7) is 5.74. The van der Waals surface area contributed by atoms with Crippen molar-refractivity contribution >= 4 is 32.8 Å². The van der Waals surface area contributed by atoms with E-state index >= 15 is 0 Å². The van der Waals surface area contributed by atoms with Crippen LogP contribution < -0.4 is 0 Å². The van der Waals surface area contributed by atoms with Crippen LogP contribution in [-0.4, -0.2) is 17.6 Å². The molecule has 0 fully saturated rings. The minimum atomic E-state index is -0.518. The molecule has 0 unspecified atom stereocenters. The van der Waals surface area contributed by atoms with E-state index in [-0.39, 0.29) is 12.2 Å². The summed E-state index contributed by atoms with van der Waals surface area (Å²) in [6.07, 6.45) is 0. The van der Waals surface area contributed by atoms with Gasteiger partial charge in [-0.3, -0.25) is 0 Å². The van der Waals surface area contributed by atoms with Crippen LogP contribution in [0.15, 0.2) is 10.5 Å². The lowest BCUT2D eigenvalue weighted by Gasteiger charge is -2.06. The van der Waals surface area contributed by atoms with Crippen LogP contribution in [0.2, 0.25) is 0 Å². The monoisotopic (exact) mass is 313 g/mol. The van der Waals surface area contributed by atoms with Gasteiger partial charge in [-0.1, -0.05) is 0 Å². The molecule has 2 rings (SSSR count). The average molecular weight is 314 g/mol. The van der Waals surface area contributed by atoms with E-state index in [1.807, 2.05) is 13.8 Å². The van der Waals surface area contributed by atoms with Crippen molar-refractivity contribution in [3.63, 3.8) is 0 Å². The predicted molar refractivity (Wildman–Crippen MR) is 71.4 cm³/mol. The van der Waals surface area contributed by atoms with E-state index in [1.54, 1.807) is 6.92 Å². The number of aryl methyl sites for hydroxylation is 2. The second-order valence-electron chi connectivity index (χ2n) is 4.07. The van der Waals surface area contributed by atoms with E-state index in [4.69, 9.17) is 4.74 Å². The summed E-state index contributed by atoms with van der Waals surface area (Å²) >= 11 is 3.22. The summed E-state index contributed by atoms with van der Waals surface area (Å²) in [5.74, 6) is -0.984. The molecule has 0 saturated heterocycles. The number of carbonyl (C=O) groups excluding carboxylic acids is 1. The predicted octanol–water partition coefficient (Wildman–Crippen LogP) is 3.86. The van der Waals surface area contributed by atoms with Gasteiger partial charge in [-0.05, 0) is 48.3 Å². The van der Waals surface area contributed by atoms with Gasteiger partial charge in [0.05, 0.1) is 22.2 Å². The Bertz CT molecular complexity index is 634. The van der Waals surface area contributed by atoms with Crippen molar-refractivity contribution in [3.8, 4) is 0 Å². The molecule has 0 saturated carbocycles. The molecule has 0 aliphatic heterocycles. The number of hydrogen-bond acceptors (Lipinski definition) is 2. The van der Waals surface area contributed by atoms with Crippen molar-refractivity contribution in [2.75, 3.05) is 6.61 Å². The van der Waals surface area contributed by atoms with E-state index in [0.29, 0.717) is 15.4 Å². The fourth-order valence-electron chi connectivity index (χ4n) is 1.95. The summed E-state index contributed by atoms with van der Waals surface area (Å²) < 4.78 is 19.1. The van der Waals surface area contributed by atoms with Crippen molar-refractivity contribution in [1.82, 2.24) is 4.98 Å². The Balaban J connectivity index is 2.79. The van der Waals surface area contributed by atoms with E-state index in [1.165, 1.54) is 6.07 Å². The van der Waals surface area contributed by atoms with Crippen molar-refractivity contribution in [3.05, 3.63) is 33.2 Å². The first-order chi connectivity index (χ1) is 8.47. The maximum Gasteiger partial charge on any atom is 0.340 e. The molecule has 0 aliphatic rings. The Morgan fingerprint density at radius 1 is 1.50 bits per heavy atom. The lowest BCUT2D eigenvalue weighted by molar-refractivity contribution is 0.0528. The van der Waals surface area contributed by atoms with Gasteiger partial charge in [-0.15, -0.1) is 0 Å². The number of benzene rings is 1. The molecule has 3 nitrogen and oxygen atoms in total. The molecule has 1 aromatic carbocycles. The van der Waals surface area contributed by atoms with Gasteiger partial charge < -0.3 is 9.72 Å². The molecule has 0 spiro atoms. The minimum absolute atomic E-state index is 0.226. The summed E-state index contributed by atoms with van der Waals surface area (Å²) in [5.41, 5.74) is 2.66. The first-order valence-corrected chi connectivity index (χ1v) is 6.40. The first-order valence-electron chi connectivity index (χ1n) is 5.61. The van der Waals surface area contributed by atoms with Crippen LogP contribution in [0.5, 0.6) is 0 Å². The number of nitrogens with one attached hydrogen (secondary N) is 1. The third-order valence-corrected chi connectivity index (χ3v) is 3.74. The molecular formula is C13H13BrFNO2. The summed E-state index contributed by atoms with van der Waals surface area (Å²) in [4.78, 5) is 14.9. The van der Waals surface area contributed by atoms with Crippen LogP contribution in [0.1, 0.15) is 28.5 Å². The van der Waals surface area contributed by atoms with Gasteiger partial charge >= 0.3 is 5.97 Å². The molecule has 96 valence electrons. The van der Waals surface area contributed by atoms with Gasteiger partial charge in [0, 0.05) is 11.1 Å². The molecule has 18 heavy (non-hydrogen) atoms. The highest BCUT2D eigenvalue weighted by Crippen LogP contribution is 2.33. The summed E-state index contributed by atoms with van der Waals surface area (Å²) in [6, 6.07) is 1.19. The SMILES string of the molecule is CCOC(=O)c1cc(F)c(Br)c2c(C)c(C)[nH]c12. The molecule has 0 radical (unpaired) electrons. The van der Waals surface area contributed by atoms with Crippen LogP contribution in [-0.2, 0) is 4.74 Å². The van der Waals surface area contributed by atoms with Crippen molar-refractivity contribution in [2.24, 2.45) is 0 Å². The molecule has 1 N–H and O–H groups in total. The number of halogens is 2. The number of ether oxygens (including phenoxy) is 1. The molecule has 1 heterocycles. The van der Waals surface area contributed by atoms with E-state index in [9.17, 15) is 9.18 Å². The molecule has 0 bridgehead atoms. The van der Waals surface area contributed by atoms with Gasteiger partial charge in [-0.2, -0.15) is 0 Å². The molecule has 1 aromatic heterocycles. The van der Waals surface area contributed by atoms with Gasteiger partial charge in [-0.25, -0.2) is 9.18 Å². The Morgan fingerprint density at radius 3 is 2.78 bits per heavy atom. The Kier molecular flexibility index (Phi) is 3.43. The first kappa shape index (κ1) is 13.1.